The van der Waals surface area contributed by atoms with Crippen LogP contribution in [0.1, 0.15) is 43.0 Å². The SMILES string of the molecule is CCOC(=O)c1nnn2c1C[C@H]1O[C@@H]3OC(C)(C)O[C@@H]3[C@H]12. The van der Waals surface area contributed by atoms with Gasteiger partial charge in [0.25, 0.3) is 0 Å². The fraction of sp³-hybridized carbons (Fsp3) is 0.769. The van der Waals surface area contributed by atoms with Crippen LogP contribution in [0, 0.1) is 0 Å². The lowest BCUT2D eigenvalue weighted by atomic mass is 10.1. The summed E-state index contributed by atoms with van der Waals surface area (Å²) in [6, 6.07) is -0.109. The third-order valence-electron chi connectivity index (χ3n) is 4.05. The Labute approximate surface area is 121 Å². The molecule has 0 aliphatic carbocycles. The van der Waals surface area contributed by atoms with Crippen LogP contribution in [0.2, 0.25) is 0 Å². The van der Waals surface area contributed by atoms with Crippen molar-refractivity contribution in [3.63, 3.8) is 0 Å². The molecular weight excluding hydrogens is 278 g/mol. The van der Waals surface area contributed by atoms with Crippen molar-refractivity contribution in [1.82, 2.24) is 15.0 Å². The second-order valence-electron chi connectivity index (χ2n) is 5.89. The Bertz CT molecular complexity index is 599. The summed E-state index contributed by atoms with van der Waals surface area (Å²) in [6.45, 7) is 5.77. The molecule has 1 aromatic rings. The molecule has 4 atom stereocenters. The molecule has 3 aliphatic heterocycles. The van der Waals surface area contributed by atoms with Crippen LogP contribution < -0.4 is 0 Å². The predicted octanol–water partition coefficient (Wildman–Crippen LogP) is 0.428. The Balaban J connectivity index is 1.64. The van der Waals surface area contributed by atoms with Crippen LogP contribution >= 0.6 is 0 Å². The second kappa shape index (κ2) is 4.25. The van der Waals surface area contributed by atoms with Gasteiger partial charge in [0.1, 0.15) is 12.1 Å². The van der Waals surface area contributed by atoms with Crippen molar-refractivity contribution in [3.8, 4) is 0 Å². The van der Waals surface area contributed by atoms with Gasteiger partial charge in [-0.1, -0.05) is 5.21 Å². The number of nitrogens with zero attached hydrogens (tertiary/aromatic N) is 3. The largest absolute Gasteiger partial charge is 0.461 e. The highest BCUT2D eigenvalue weighted by molar-refractivity contribution is 5.88. The lowest BCUT2D eigenvalue weighted by molar-refractivity contribution is -0.207. The number of carbonyl (C=O) groups excluding carboxylic acids is 1. The van der Waals surface area contributed by atoms with E-state index < -0.39 is 18.0 Å². The van der Waals surface area contributed by atoms with Crippen LogP contribution in [0.3, 0.4) is 0 Å². The van der Waals surface area contributed by atoms with Gasteiger partial charge in [-0.05, 0) is 20.8 Å². The quantitative estimate of drug-likeness (QED) is 0.731. The zero-order valence-corrected chi connectivity index (χ0v) is 12.1. The summed E-state index contributed by atoms with van der Waals surface area (Å²) in [7, 11) is 0. The molecule has 0 unspecified atom stereocenters. The van der Waals surface area contributed by atoms with E-state index in [-0.39, 0.29) is 23.9 Å². The highest BCUT2D eigenvalue weighted by Gasteiger charge is 2.59. The first-order valence-electron chi connectivity index (χ1n) is 7.12. The van der Waals surface area contributed by atoms with Crippen LogP contribution in [-0.2, 0) is 25.4 Å². The zero-order valence-electron chi connectivity index (χ0n) is 12.1. The van der Waals surface area contributed by atoms with Gasteiger partial charge >= 0.3 is 5.97 Å². The van der Waals surface area contributed by atoms with E-state index in [0.29, 0.717) is 13.0 Å². The Hall–Kier alpha value is -1.51. The Morgan fingerprint density at radius 2 is 2.29 bits per heavy atom. The fourth-order valence-corrected chi connectivity index (χ4v) is 3.32. The van der Waals surface area contributed by atoms with E-state index in [1.165, 1.54) is 0 Å². The van der Waals surface area contributed by atoms with E-state index in [1.807, 2.05) is 13.8 Å². The first-order chi connectivity index (χ1) is 10.00. The van der Waals surface area contributed by atoms with Crippen LogP contribution in [0.4, 0.5) is 0 Å². The maximum absolute atomic E-state index is 11.9. The van der Waals surface area contributed by atoms with Gasteiger partial charge in [-0.15, -0.1) is 5.10 Å². The molecule has 114 valence electrons. The number of esters is 1. The van der Waals surface area contributed by atoms with Crippen LogP contribution in [0.5, 0.6) is 0 Å². The maximum Gasteiger partial charge on any atom is 0.360 e. The molecule has 0 radical (unpaired) electrons. The molecule has 4 rings (SSSR count). The summed E-state index contributed by atoms with van der Waals surface area (Å²) >= 11 is 0. The van der Waals surface area contributed by atoms with E-state index in [0.717, 1.165) is 5.69 Å². The zero-order chi connectivity index (χ0) is 14.8. The summed E-state index contributed by atoms with van der Waals surface area (Å²) in [4.78, 5) is 11.9. The van der Waals surface area contributed by atoms with Crippen molar-refractivity contribution in [3.05, 3.63) is 11.4 Å². The van der Waals surface area contributed by atoms with Crippen molar-refractivity contribution in [1.29, 1.82) is 0 Å². The smallest absolute Gasteiger partial charge is 0.360 e. The van der Waals surface area contributed by atoms with Crippen LogP contribution in [-0.4, -0.2) is 51.9 Å². The van der Waals surface area contributed by atoms with E-state index in [2.05, 4.69) is 10.3 Å². The van der Waals surface area contributed by atoms with Crippen LogP contribution in [0.15, 0.2) is 0 Å². The molecule has 4 heterocycles. The number of hydrogen-bond donors (Lipinski definition) is 0. The average molecular weight is 295 g/mol. The van der Waals surface area contributed by atoms with Gasteiger partial charge in [-0.3, -0.25) is 0 Å². The molecule has 0 aromatic carbocycles. The van der Waals surface area contributed by atoms with E-state index >= 15 is 0 Å². The van der Waals surface area contributed by atoms with Crippen molar-refractivity contribution >= 4 is 5.97 Å². The molecular formula is C13H17N3O5. The van der Waals surface area contributed by atoms with Gasteiger partial charge in [0.2, 0.25) is 0 Å². The molecule has 0 saturated carbocycles. The molecule has 0 N–H and O–H groups in total. The third-order valence-corrected chi connectivity index (χ3v) is 4.05. The molecule has 8 nitrogen and oxygen atoms in total. The Morgan fingerprint density at radius 1 is 1.48 bits per heavy atom. The van der Waals surface area contributed by atoms with Gasteiger partial charge < -0.3 is 18.9 Å². The molecule has 1 aromatic heterocycles. The normalized spacial score (nSPS) is 35.4. The minimum atomic E-state index is -0.673. The monoisotopic (exact) mass is 295 g/mol. The van der Waals surface area contributed by atoms with E-state index in [4.69, 9.17) is 18.9 Å². The lowest BCUT2D eigenvalue weighted by Gasteiger charge is -2.21. The number of ether oxygens (including phenoxy) is 4. The summed E-state index contributed by atoms with van der Waals surface area (Å²) in [5, 5.41) is 8.05. The molecule has 2 fully saturated rings. The molecule has 3 aliphatic rings. The fourth-order valence-electron chi connectivity index (χ4n) is 3.32. The van der Waals surface area contributed by atoms with Gasteiger partial charge in [0.15, 0.2) is 17.8 Å². The number of carbonyl (C=O) groups is 1. The molecule has 8 heteroatoms. The Morgan fingerprint density at radius 3 is 3.05 bits per heavy atom. The predicted molar refractivity (Wildman–Crippen MR) is 67.4 cm³/mol. The topological polar surface area (TPSA) is 84.7 Å². The molecule has 21 heavy (non-hydrogen) atoms. The third kappa shape index (κ3) is 1.82. The Kier molecular flexibility index (Phi) is 2.66. The number of rotatable bonds is 2. The second-order valence-corrected chi connectivity index (χ2v) is 5.89. The maximum atomic E-state index is 11.9. The van der Waals surface area contributed by atoms with Gasteiger partial charge in [-0.2, -0.15) is 0 Å². The minimum Gasteiger partial charge on any atom is -0.461 e. The number of aromatic nitrogens is 3. The first-order valence-corrected chi connectivity index (χ1v) is 7.12. The first kappa shape index (κ1) is 13.2. The summed E-state index contributed by atoms with van der Waals surface area (Å²) < 4.78 is 24.3. The standard InChI is InChI=1S/C13H17N3O5/c1-4-18-11(17)8-6-5-7-9(16(6)15-14-8)10-12(19-7)21-13(2,3)20-10/h7,9-10,12H,4-5H2,1-3H3/t7-,9+,10-,12-/m1/s1. The van der Waals surface area contributed by atoms with Crippen molar-refractivity contribution < 1.29 is 23.7 Å². The van der Waals surface area contributed by atoms with Gasteiger partial charge in [-0.25, -0.2) is 9.48 Å². The average Bonchev–Trinajstić information content (AvgIpc) is 3.05. The highest BCUT2D eigenvalue weighted by Crippen LogP contribution is 2.47. The minimum absolute atomic E-state index is 0.102. The summed E-state index contributed by atoms with van der Waals surface area (Å²) in [6.07, 6.45) is -0.164. The lowest BCUT2D eigenvalue weighted by Crippen LogP contribution is -2.29. The highest BCUT2D eigenvalue weighted by atomic mass is 16.8. The van der Waals surface area contributed by atoms with Gasteiger partial charge in [0.05, 0.1) is 18.4 Å². The molecule has 0 spiro atoms. The van der Waals surface area contributed by atoms with Gasteiger partial charge in [0, 0.05) is 6.42 Å². The van der Waals surface area contributed by atoms with Crippen molar-refractivity contribution in [2.45, 2.75) is 57.5 Å². The summed E-state index contributed by atoms with van der Waals surface area (Å²) in [5.41, 5.74) is 1.01. The van der Waals surface area contributed by atoms with E-state index in [9.17, 15) is 4.79 Å². The molecule has 0 bridgehead atoms. The number of hydrogen-bond acceptors (Lipinski definition) is 7. The van der Waals surface area contributed by atoms with Crippen molar-refractivity contribution in [2.75, 3.05) is 6.61 Å². The molecule has 0 amide bonds. The van der Waals surface area contributed by atoms with E-state index in [1.54, 1.807) is 11.6 Å². The summed E-state index contributed by atoms with van der Waals surface area (Å²) in [5.74, 6) is -1.12. The molecule has 2 saturated heterocycles. The van der Waals surface area contributed by atoms with Crippen LogP contribution in [0.25, 0.3) is 0 Å². The van der Waals surface area contributed by atoms with Crippen molar-refractivity contribution in [2.24, 2.45) is 0 Å². The number of fused-ring (bicyclic) bond motifs is 5.